The number of aryl methyl sites for hydroxylation is 2. The molecule has 0 unspecified atom stereocenters. The van der Waals surface area contributed by atoms with Crippen molar-refractivity contribution in [3.63, 3.8) is 0 Å². The molecule has 3 N–H and O–H groups in total. The number of nitrogens with one attached hydrogen (secondary N) is 1. The second-order valence-corrected chi connectivity index (χ2v) is 4.78. The van der Waals surface area contributed by atoms with Crippen LogP contribution >= 0.6 is 0 Å². The lowest BCUT2D eigenvalue weighted by Gasteiger charge is -2.09. The Kier molecular flexibility index (Phi) is 4.77. The van der Waals surface area contributed by atoms with Gasteiger partial charge in [-0.05, 0) is 49.2 Å². The highest BCUT2D eigenvalue weighted by atomic mass is 16.5. The van der Waals surface area contributed by atoms with Crippen LogP contribution in [-0.4, -0.2) is 18.1 Å². The number of pyridine rings is 1. The summed E-state index contributed by atoms with van der Waals surface area (Å²) < 4.78 is 5.23. The van der Waals surface area contributed by atoms with Crippen LogP contribution in [0.4, 0.5) is 5.69 Å². The molecule has 21 heavy (non-hydrogen) atoms. The first-order valence-corrected chi connectivity index (χ1v) is 6.72. The van der Waals surface area contributed by atoms with Crippen LogP contribution < -0.4 is 15.8 Å². The number of benzene rings is 1. The number of aliphatic imine (C=N–C) groups is 1. The van der Waals surface area contributed by atoms with E-state index >= 15 is 0 Å². The maximum atomic E-state index is 5.90. The monoisotopic (exact) mass is 284 g/mol. The Labute approximate surface area is 124 Å². The summed E-state index contributed by atoms with van der Waals surface area (Å²) in [7, 11) is 1.61. The first-order chi connectivity index (χ1) is 10.1. The van der Waals surface area contributed by atoms with Crippen LogP contribution in [0.25, 0.3) is 0 Å². The van der Waals surface area contributed by atoms with Crippen molar-refractivity contribution in [3.8, 4) is 5.75 Å². The van der Waals surface area contributed by atoms with Gasteiger partial charge in [0.05, 0.1) is 13.7 Å². The largest absolute Gasteiger partial charge is 0.495 e. The normalized spacial score (nSPS) is 11.3. The maximum absolute atomic E-state index is 5.90. The van der Waals surface area contributed by atoms with E-state index in [0.29, 0.717) is 18.3 Å². The van der Waals surface area contributed by atoms with Crippen LogP contribution in [0.3, 0.4) is 0 Å². The number of nitrogens with two attached hydrogens (primary N) is 1. The van der Waals surface area contributed by atoms with Crippen LogP contribution in [0, 0.1) is 13.8 Å². The summed E-state index contributed by atoms with van der Waals surface area (Å²) in [6.07, 6.45) is 1.71. The smallest absolute Gasteiger partial charge is 0.193 e. The molecule has 5 heteroatoms. The minimum absolute atomic E-state index is 0.353. The molecule has 0 saturated heterocycles. The first-order valence-electron chi connectivity index (χ1n) is 6.72. The molecule has 110 valence electrons. The van der Waals surface area contributed by atoms with E-state index in [1.165, 1.54) is 11.1 Å². The van der Waals surface area contributed by atoms with Gasteiger partial charge in [0.2, 0.25) is 0 Å². The van der Waals surface area contributed by atoms with E-state index in [1.54, 1.807) is 13.3 Å². The number of anilines is 1. The fourth-order valence-corrected chi connectivity index (χ4v) is 1.89. The summed E-state index contributed by atoms with van der Waals surface area (Å²) >= 11 is 0. The topological polar surface area (TPSA) is 72.5 Å². The summed E-state index contributed by atoms with van der Waals surface area (Å²) in [5.74, 6) is 1.06. The molecule has 0 radical (unpaired) electrons. The van der Waals surface area contributed by atoms with Crippen molar-refractivity contribution in [1.82, 2.24) is 4.98 Å². The highest BCUT2D eigenvalue weighted by Crippen LogP contribution is 2.16. The third kappa shape index (κ3) is 3.95. The Morgan fingerprint density at radius 3 is 2.81 bits per heavy atom. The number of rotatable bonds is 4. The molecule has 2 rings (SSSR count). The molecule has 0 aliphatic carbocycles. The molecule has 0 amide bonds. The Morgan fingerprint density at radius 2 is 2.10 bits per heavy atom. The van der Waals surface area contributed by atoms with Gasteiger partial charge in [0, 0.05) is 11.9 Å². The van der Waals surface area contributed by atoms with Crippen molar-refractivity contribution in [1.29, 1.82) is 0 Å². The Morgan fingerprint density at radius 1 is 1.29 bits per heavy atom. The van der Waals surface area contributed by atoms with Gasteiger partial charge in [-0.3, -0.25) is 4.98 Å². The average molecular weight is 284 g/mol. The van der Waals surface area contributed by atoms with Gasteiger partial charge in [0.15, 0.2) is 5.96 Å². The molecule has 0 spiro atoms. The standard InChI is InChI=1S/C16H20N4O/c1-11-6-7-13(9-12(11)2)20-16(17)19-10-14-15(21-3)5-4-8-18-14/h4-9H,10H2,1-3H3,(H3,17,19,20). The molecule has 1 heterocycles. The molecular formula is C16H20N4O. The first kappa shape index (κ1) is 14.8. The molecule has 0 atom stereocenters. The minimum Gasteiger partial charge on any atom is -0.495 e. The minimum atomic E-state index is 0.353. The van der Waals surface area contributed by atoms with Crippen molar-refractivity contribution in [2.24, 2.45) is 10.7 Å². The van der Waals surface area contributed by atoms with Crippen molar-refractivity contribution >= 4 is 11.6 Å². The lowest BCUT2D eigenvalue weighted by atomic mass is 10.1. The molecule has 0 saturated carbocycles. The predicted octanol–water partition coefficient (Wildman–Crippen LogP) is 2.63. The zero-order valence-electron chi connectivity index (χ0n) is 12.6. The van der Waals surface area contributed by atoms with E-state index in [9.17, 15) is 0 Å². The van der Waals surface area contributed by atoms with Crippen molar-refractivity contribution in [2.45, 2.75) is 20.4 Å². The van der Waals surface area contributed by atoms with Crippen molar-refractivity contribution in [3.05, 3.63) is 53.3 Å². The van der Waals surface area contributed by atoms with Gasteiger partial charge in [0.25, 0.3) is 0 Å². The molecule has 1 aromatic carbocycles. The summed E-state index contributed by atoms with van der Waals surface area (Å²) in [4.78, 5) is 8.53. The van der Waals surface area contributed by atoms with E-state index in [2.05, 4.69) is 29.1 Å². The van der Waals surface area contributed by atoms with Gasteiger partial charge in [0.1, 0.15) is 11.4 Å². The van der Waals surface area contributed by atoms with Crippen LogP contribution in [0.5, 0.6) is 5.75 Å². The van der Waals surface area contributed by atoms with Crippen LogP contribution in [-0.2, 0) is 6.54 Å². The fourth-order valence-electron chi connectivity index (χ4n) is 1.89. The third-order valence-electron chi connectivity index (χ3n) is 3.25. The number of hydrogen-bond donors (Lipinski definition) is 2. The lowest BCUT2D eigenvalue weighted by Crippen LogP contribution is -2.22. The average Bonchev–Trinajstić information content (AvgIpc) is 2.49. The summed E-state index contributed by atoms with van der Waals surface area (Å²) in [5, 5.41) is 3.08. The molecule has 0 aliphatic rings. The molecule has 1 aromatic heterocycles. The van der Waals surface area contributed by atoms with Crippen LogP contribution in [0.1, 0.15) is 16.8 Å². The maximum Gasteiger partial charge on any atom is 0.193 e. The van der Waals surface area contributed by atoms with E-state index in [4.69, 9.17) is 10.5 Å². The summed E-state index contributed by atoms with van der Waals surface area (Å²) in [6.45, 7) is 4.50. The second kappa shape index (κ2) is 6.74. The molecule has 0 fully saturated rings. The highest BCUT2D eigenvalue weighted by Gasteiger charge is 2.03. The summed E-state index contributed by atoms with van der Waals surface area (Å²) in [5.41, 5.74) is 10.0. The Bertz CT molecular complexity index is 652. The van der Waals surface area contributed by atoms with Gasteiger partial charge < -0.3 is 15.8 Å². The molecular weight excluding hydrogens is 264 g/mol. The SMILES string of the molecule is COc1cccnc1CN=C(N)Nc1ccc(C)c(C)c1. The van der Waals surface area contributed by atoms with Gasteiger partial charge in [-0.15, -0.1) is 0 Å². The summed E-state index contributed by atoms with van der Waals surface area (Å²) in [6, 6.07) is 9.74. The molecule has 0 bridgehead atoms. The predicted molar refractivity (Wildman–Crippen MR) is 85.7 cm³/mol. The van der Waals surface area contributed by atoms with Crippen LogP contribution in [0.2, 0.25) is 0 Å². The number of methoxy groups -OCH3 is 1. The number of nitrogens with zero attached hydrogens (tertiary/aromatic N) is 2. The molecule has 5 nitrogen and oxygen atoms in total. The number of hydrogen-bond acceptors (Lipinski definition) is 3. The fraction of sp³-hybridized carbons (Fsp3) is 0.250. The molecule has 2 aromatic rings. The van der Waals surface area contributed by atoms with E-state index in [0.717, 1.165) is 11.4 Å². The van der Waals surface area contributed by atoms with Gasteiger partial charge in [-0.1, -0.05) is 6.07 Å². The molecule has 0 aliphatic heterocycles. The van der Waals surface area contributed by atoms with Crippen molar-refractivity contribution in [2.75, 3.05) is 12.4 Å². The van der Waals surface area contributed by atoms with Gasteiger partial charge in [-0.2, -0.15) is 0 Å². The van der Waals surface area contributed by atoms with Crippen LogP contribution in [0.15, 0.2) is 41.5 Å². The van der Waals surface area contributed by atoms with E-state index in [-0.39, 0.29) is 0 Å². The zero-order chi connectivity index (χ0) is 15.2. The lowest BCUT2D eigenvalue weighted by molar-refractivity contribution is 0.407. The van der Waals surface area contributed by atoms with E-state index in [1.807, 2.05) is 30.3 Å². The van der Waals surface area contributed by atoms with Crippen molar-refractivity contribution < 1.29 is 4.74 Å². The zero-order valence-corrected chi connectivity index (χ0v) is 12.6. The number of ether oxygens (including phenoxy) is 1. The number of aromatic nitrogens is 1. The Balaban J connectivity index is 2.05. The second-order valence-electron chi connectivity index (χ2n) is 4.78. The third-order valence-corrected chi connectivity index (χ3v) is 3.25. The number of guanidine groups is 1. The highest BCUT2D eigenvalue weighted by molar-refractivity contribution is 5.92. The Hall–Kier alpha value is -2.56. The van der Waals surface area contributed by atoms with Gasteiger partial charge >= 0.3 is 0 Å². The van der Waals surface area contributed by atoms with Gasteiger partial charge in [-0.25, -0.2) is 4.99 Å². The van der Waals surface area contributed by atoms with E-state index < -0.39 is 0 Å². The quantitative estimate of drug-likeness (QED) is 0.668.